The third-order valence-electron chi connectivity index (χ3n) is 6.35. The van der Waals surface area contributed by atoms with Crippen LogP contribution in [0.15, 0.2) is 18.5 Å². The lowest BCUT2D eigenvalue weighted by molar-refractivity contribution is 0.331. The highest BCUT2D eigenvalue weighted by molar-refractivity contribution is 6.31. The molecule has 0 amide bonds. The molecule has 4 rings (SSSR count). The Morgan fingerprint density at radius 2 is 1.87 bits per heavy atom. The summed E-state index contributed by atoms with van der Waals surface area (Å²) in [6.07, 6.45) is 14.8. The zero-order chi connectivity index (χ0) is 21.5. The number of nitrogens with one attached hydrogen (secondary N) is 2. The molecule has 2 aliphatic rings. The summed E-state index contributed by atoms with van der Waals surface area (Å²) < 4.78 is 0. The van der Waals surface area contributed by atoms with E-state index in [9.17, 15) is 0 Å². The Balaban J connectivity index is 1.56. The van der Waals surface area contributed by atoms with Crippen molar-refractivity contribution < 1.29 is 0 Å². The second-order valence-corrected chi connectivity index (χ2v) is 9.27. The van der Waals surface area contributed by atoms with Crippen molar-refractivity contribution in [2.75, 3.05) is 30.3 Å². The summed E-state index contributed by atoms with van der Waals surface area (Å²) in [7, 11) is 0. The summed E-state index contributed by atoms with van der Waals surface area (Å²) in [5.41, 5.74) is 2.84. The summed E-state index contributed by atoms with van der Waals surface area (Å²) >= 11 is 6.68. The Morgan fingerprint density at radius 3 is 2.61 bits per heavy atom. The molecule has 1 aliphatic heterocycles. The zero-order valence-corrected chi connectivity index (χ0v) is 19.4. The minimum Gasteiger partial charge on any atom is -0.367 e. The first-order valence-electron chi connectivity index (χ1n) is 12.0. The van der Waals surface area contributed by atoms with E-state index in [1.807, 2.05) is 18.5 Å². The van der Waals surface area contributed by atoms with E-state index in [2.05, 4.69) is 27.4 Å². The van der Waals surface area contributed by atoms with Crippen LogP contribution in [0.25, 0.3) is 11.3 Å². The Kier molecular flexibility index (Phi) is 7.97. The van der Waals surface area contributed by atoms with Crippen LogP contribution < -0.4 is 10.6 Å². The Morgan fingerprint density at radius 1 is 1.06 bits per heavy atom. The molecule has 6 nitrogen and oxygen atoms in total. The van der Waals surface area contributed by atoms with E-state index < -0.39 is 0 Å². The molecule has 0 atom stereocenters. The van der Waals surface area contributed by atoms with E-state index in [1.54, 1.807) is 0 Å². The maximum atomic E-state index is 6.68. The van der Waals surface area contributed by atoms with E-state index in [-0.39, 0.29) is 0 Å². The van der Waals surface area contributed by atoms with Crippen LogP contribution in [-0.4, -0.2) is 45.5 Å². The smallest absolute Gasteiger partial charge is 0.224 e. The van der Waals surface area contributed by atoms with Crippen molar-refractivity contribution in [2.24, 2.45) is 0 Å². The molecule has 1 saturated heterocycles. The SMILES string of the molecule is CCCCNc1ncc(-c2cc(Cl)c(CN3CCCC3)cn2)c(NC2CCCCC2)n1. The van der Waals surface area contributed by atoms with Crippen LogP contribution in [0, 0.1) is 0 Å². The van der Waals surface area contributed by atoms with Crippen molar-refractivity contribution in [1.29, 1.82) is 0 Å². The van der Waals surface area contributed by atoms with E-state index >= 15 is 0 Å². The van der Waals surface area contributed by atoms with Crippen LogP contribution in [0.1, 0.15) is 70.3 Å². The van der Waals surface area contributed by atoms with Crippen molar-refractivity contribution in [3.05, 3.63) is 29.0 Å². The summed E-state index contributed by atoms with van der Waals surface area (Å²) in [5.74, 6) is 1.53. The summed E-state index contributed by atoms with van der Waals surface area (Å²) in [6.45, 7) is 6.23. The van der Waals surface area contributed by atoms with Gasteiger partial charge in [0.25, 0.3) is 0 Å². The molecule has 3 heterocycles. The minimum atomic E-state index is 0.454. The number of hydrogen-bond acceptors (Lipinski definition) is 6. The van der Waals surface area contributed by atoms with Gasteiger partial charge in [-0.2, -0.15) is 4.98 Å². The van der Waals surface area contributed by atoms with Gasteiger partial charge in [-0.3, -0.25) is 9.88 Å². The summed E-state index contributed by atoms with van der Waals surface area (Å²) in [5, 5.41) is 7.81. The van der Waals surface area contributed by atoms with Gasteiger partial charge in [-0.1, -0.05) is 44.2 Å². The number of aromatic nitrogens is 3. The second kappa shape index (κ2) is 11.1. The van der Waals surface area contributed by atoms with Gasteiger partial charge in [-0.05, 0) is 51.3 Å². The highest BCUT2D eigenvalue weighted by Gasteiger charge is 2.19. The predicted molar refractivity (Wildman–Crippen MR) is 129 cm³/mol. The lowest BCUT2D eigenvalue weighted by atomic mass is 9.95. The Hall–Kier alpha value is -1.92. The Labute approximate surface area is 191 Å². The van der Waals surface area contributed by atoms with Gasteiger partial charge in [0.05, 0.1) is 11.3 Å². The normalized spacial score (nSPS) is 17.7. The minimum absolute atomic E-state index is 0.454. The molecule has 0 radical (unpaired) electrons. The van der Waals surface area contributed by atoms with E-state index in [4.69, 9.17) is 21.6 Å². The first kappa shape index (κ1) is 22.3. The first-order valence-corrected chi connectivity index (χ1v) is 12.4. The van der Waals surface area contributed by atoms with E-state index in [0.29, 0.717) is 12.0 Å². The third-order valence-corrected chi connectivity index (χ3v) is 6.70. The van der Waals surface area contributed by atoms with Gasteiger partial charge in [-0.25, -0.2) is 4.98 Å². The molecule has 31 heavy (non-hydrogen) atoms. The molecular formula is C24H35ClN6. The maximum absolute atomic E-state index is 6.68. The maximum Gasteiger partial charge on any atom is 0.224 e. The number of halogens is 1. The van der Waals surface area contributed by atoms with Crippen molar-refractivity contribution in [3.63, 3.8) is 0 Å². The lowest BCUT2D eigenvalue weighted by Crippen LogP contribution is -2.23. The zero-order valence-electron chi connectivity index (χ0n) is 18.7. The lowest BCUT2D eigenvalue weighted by Gasteiger charge is -2.24. The third kappa shape index (κ3) is 6.07. The van der Waals surface area contributed by atoms with Gasteiger partial charge in [-0.15, -0.1) is 0 Å². The quantitative estimate of drug-likeness (QED) is 0.482. The first-order chi connectivity index (χ1) is 15.2. The second-order valence-electron chi connectivity index (χ2n) is 8.86. The monoisotopic (exact) mass is 442 g/mol. The topological polar surface area (TPSA) is 66.0 Å². The molecule has 0 unspecified atom stereocenters. The number of hydrogen-bond donors (Lipinski definition) is 2. The Bertz CT molecular complexity index is 846. The average molecular weight is 443 g/mol. The van der Waals surface area contributed by atoms with Gasteiger partial charge < -0.3 is 10.6 Å². The van der Waals surface area contributed by atoms with Crippen LogP contribution in [0.3, 0.4) is 0 Å². The van der Waals surface area contributed by atoms with Crippen LogP contribution in [0.2, 0.25) is 5.02 Å². The molecule has 2 N–H and O–H groups in total. The van der Waals surface area contributed by atoms with E-state index in [1.165, 1.54) is 44.9 Å². The summed E-state index contributed by atoms with van der Waals surface area (Å²) in [6, 6.07) is 2.43. The number of nitrogens with zero attached hydrogens (tertiary/aromatic N) is 4. The molecule has 1 saturated carbocycles. The molecule has 1 aliphatic carbocycles. The molecular weight excluding hydrogens is 408 g/mol. The fraction of sp³-hybridized carbons (Fsp3) is 0.625. The van der Waals surface area contributed by atoms with E-state index in [0.717, 1.165) is 66.7 Å². The van der Waals surface area contributed by atoms with Crippen LogP contribution in [0.4, 0.5) is 11.8 Å². The van der Waals surface area contributed by atoms with Crippen molar-refractivity contribution in [1.82, 2.24) is 19.9 Å². The van der Waals surface area contributed by atoms with Crippen LogP contribution >= 0.6 is 11.6 Å². The highest BCUT2D eigenvalue weighted by atomic mass is 35.5. The van der Waals surface area contributed by atoms with Crippen LogP contribution in [0.5, 0.6) is 0 Å². The van der Waals surface area contributed by atoms with Gasteiger partial charge in [0.2, 0.25) is 5.95 Å². The number of anilines is 2. The van der Waals surface area contributed by atoms with Gasteiger partial charge >= 0.3 is 0 Å². The van der Waals surface area contributed by atoms with Crippen LogP contribution in [-0.2, 0) is 6.54 Å². The molecule has 0 bridgehead atoms. The molecule has 2 aromatic rings. The van der Waals surface area contributed by atoms with Gasteiger partial charge in [0, 0.05) is 42.1 Å². The molecule has 7 heteroatoms. The molecule has 2 fully saturated rings. The summed E-state index contributed by atoms with van der Waals surface area (Å²) in [4.78, 5) is 16.6. The number of likely N-dealkylation sites (tertiary alicyclic amines) is 1. The van der Waals surface area contributed by atoms with Crippen molar-refractivity contribution in [3.8, 4) is 11.3 Å². The number of rotatable bonds is 9. The molecule has 168 valence electrons. The fourth-order valence-corrected chi connectivity index (χ4v) is 4.70. The van der Waals surface area contributed by atoms with Crippen molar-refractivity contribution >= 4 is 23.4 Å². The van der Waals surface area contributed by atoms with Gasteiger partial charge in [0.15, 0.2) is 0 Å². The number of unbranched alkanes of at least 4 members (excludes halogenated alkanes) is 1. The fourth-order valence-electron chi connectivity index (χ4n) is 4.49. The predicted octanol–water partition coefficient (Wildman–Crippen LogP) is 5.74. The highest BCUT2D eigenvalue weighted by Crippen LogP contribution is 2.31. The molecule has 0 aromatic carbocycles. The molecule has 2 aromatic heterocycles. The van der Waals surface area contributed by atoms with Crippen molar-refractivity contribution in [2.45, 2.75) is 77.3 Å². The molecule has 0 spiro atoms. The number of pyridine rings is 1. The average Bonchev–Trinajstić information content (AvgIpc) is 3.30. The standard InChI is InChI=1S/C24H35ClN6/c1-2-3-11-26-24-28-16-20(23(30-24)29-19-9-5-4-6-10-19)22-14-21(25)18(15-27-22)17-31-12-7-8-13-31/h14-16,19H,2-13,17H2,1H3,(H2,26,28,29,30). The largest absolute Gasteiger partial charge is 0.367 e. The van der Waals surface area contributed by atoms with Gasteiger partial charge in [0.1, 0.15) is 5.82 Å².